The molecule has 3 saturated carbocycles. The molecule has 4 rings (SSSR count). The van der Waals surface area contributed by atoms with E-state index in [2.05, 4.69) is 30.6 Å². The highest BCUT2D eigenvalue weighted by Crippen LogP contribution is 2.65. The van der Waals surface area contributed by atoms with Gasteiger partial charge in [0.15, 0.2) is 6.10 Å². The van der Waals surface area contributed by atoms with E-state index in [1.807, 2.05) is 0 Å². The van der Waals surface area contributed by atoms with Crippen LogP contribution in [0.3, 0.4) is 0 Å². The first kappa shape index (κ1) is 23.6. The van der Waals surface area contributed by atoms with Crippen LogP contribution < -0.4 is 10.6 Å². The van der Waals surface area contributed by atoms with Crippen molar-refractivity contribution in [3.8, 4) is 0 Å². The fourth-order valence-electron chi connectivity index (χ4n) is 7.65. The molecule has 8 heteroatoms. The van der Waals surface area contributed by atoms with Gasteiger partial charge in [0, 0.05) is 17.4 Å². The topological polar surface area (TPSA) is 78.4 Å². The van der Waals surface area contributed by atoms with Crippen molar-refractivity contribution in [1.29, 1.82) is 0 Å². The number of halogens is 3. The van der Waals surface area contributed by atoms with Crippen molar-refractivity contribution in [1.82, 2.24) is 10.6 Å². The Hall–Kier alpha value is -1.57. The lowest BCUT2D eigenvalue weighted by molar-refractivity contribution is -0.223. The zero-order valence-electron chi connectivity index (χ0n) is 19.3. The first-order chi connectivity index (χ1) is 14.7. The maximum absolute atomic E-state index is 13.2. The fraction of sp³-hybridized carbons (Fsp3) is 0.833. The molecule has 1 aliphatic heterocycles. The number of fused-ring (bicyclic) bond motifs is 5. The van der Waals surface area contributed by atoms with Crippen molar-refractivity contribution in [3.63, 3.8) is 0 Å². The van der Waals surface area contributed by atoms with E-state index in [0.29, 0.717) is 24.2 Å². The molecule has 0 radical (unpaired) electrons. The largest absolute Gasteiger partial charge is 0.416 e. The van der Waals surface area contributed by atoms with Crippen LogP contribution in [0, 0.1) is 34.5 Å². The number of hydrogen-bond donors (Lipinski definition) is 3. The lowest BCUT2D eigenvalue weighted by atomic mass is 9.48. The van der Waals surface area contributed by atoms with Crippen LogP contribution >= 0.6 is 0 Å². The van der Waals surface area contributed by atoms with Gasteiger partial charge in [-0.15, -0.1) is 0 Å². The molecule has 0 spiro atoms. The van der Waals surface area contributed by atoms with Crippen molar-refractivity contribution in [2.45, 2.75) is 90.1 Å². The van der Waals surface area contributed by atoms with E-state index >= 15 is 0 Å². The lowest BCUT2D eigenvalue weighted by Gasteiger charge is -2.58. The fourth-order valence-corrected chi connectivity index (χ4v) is 7.65. The molecule has 3 aliphatic carbocycles. The number of rotatable bonds is 3. The molecule has 5 nitrogen and oxygen atoms in total. The summed E-state index contributed by atoms with van der Waals surface area (Å²) in [7, 11) is 0. The smallest absolute Gasteiger partial charge is 0.382 e. The summed E-state index contributed by atoms with van der Waals surface area (Å²) in [4.78, 5) is 25.1. The SMILES string of the molecule is CC(C)(NC(=O)[C@H]1CC[C@H]2[C@@H]3CC[C@H]4NC(=O)C=C[C@]4(C)[C@H]3CC[C@]12C)C(O)C(F)(F)F. The Bertz CT molecular complexity index is 826. The average Bonchev–Trinajstić information content (AvgIpc) is 3.04. The van der Waals surface area contributed by atoms with Crippen molar-refractivity contribution < 1.29 is 27.9 Å². The Kier molecular flexibility index (Phi) is 5.51. The normalized spacial score (nSPS) is 42.4. The summed E-state index contributed by atoms with van der Waals surface area (Å²) in [6.07, 6.45) is 1.51. The summed E-state index contributed by atoms with van der Waals surface area (Å²) in [6.45, 7) is 6.81. The number of carbonyl (C=O) groups is 2. The quantitative estimate of drug-likeness (QED) is 0.606. The molecular weight excluding hydrogens is 421 g/mol. The number of aliphatic hydroxyl groups is 1. The predicted octanol–water partition coefficient (Wildman–Crippen LogP) is 3.72. The maximum atomic E-state index is 13.2. The van der Waals surface area contributed by atoms with Crippen molar-refractivity contribution in [2.75, 3.05) is 0 Å². The van der Waals surface area contributed by atoms with Crippen LogP contribution in [-0.4, -0.2) is 40.8 Å². The molecule has 3 N–H and O–H groups in total. The summed E-state index contributed by atoms with van der Waals surface area (Å²) in [5.74, 6) is 0.402. The van der Waals surface area contributed by atoms with E-state index in [1.54, 1.807) is 6.08 Å². The van der Waals surface area contributed by atoms with E-state index in [1.165, 1.54) is 13.8 Å². The van der Waals surface area contributed by atoms with Gasteiger partial charge in [-0.25, -0.2) is 0 Å². The number of nitrogens with one attached hydrogen (secondary N) is 2. The van der Waals surface area contributed by atoms with E-state index < -0.39 is 17.8 Å². The minimum Gasteiger partial charge on any atom is -0.382 e. The Morgan fingerprint density at radius 1 is 1.16 bits per heavy atom. The number of alkyl halides is 3. The second kappa shape index (κ2) is 7.47. The zero-order chi connectivity index (χ0) is 23.7. The van der Waals surface area contributed by atoms with Gasteiger partial charge in [0.1, 0.15) is 0 Å². The van der Waals surface area contributed by atoms with E-state index in [4.69, 9.17) is 0 Å². The molecular formula is C24H35F3N2O3. The summed E-state index contributed by atoms with van der Waals surface area (Å²) >= 11 is 0. The van der Waals surface area contributed by atoms with Crippen LogP contribution in [-0.2, 0) is 9.59 Å². The summed E-state index contributed by atoms with van der Waals surface area (Å²) in [5.41, 5.74) is -2.16. The standard InChI is InChI=1S/C24H35F3N2O3/c1-21(2,20(32)24(25,26)27)29-19(31)16-7-6-14-13-5-8-17-23(4,12-10-18(30)28-17)15(13)9-11-22(14,16)3/h10,12-17,20,32H,5-9,11H2,1-4H3,(H,28,30)(H,29,31)/t13-,14-,15-,16+,17+,20?,22-,23+/m0/s1. The second-order valence-electron chi connectivity index (χ2n) is 11.5. The van der Waals surface area contributed by atoms with Gasteiger partial charge in [-0.1, -0.05) is 19.9 Å². The van der Waals surface area contributed by atoms with Gasteiger partial charge < -0.3 is 15.7 Å². The summed E-state index contributed by atoms with van der Waals surface area (Å²) in [6, 6.07) is 0.135. The Morgan fingerprint density at radius 3 is 2.50 bits per heavy atom. The summed E-state index contributed by atoms with van der Waals surface area (Å²) < 4.78 is 39.2. The van der Waals surface area contributed by atoms with Crippen molar-refractivity contribution >= 4 is 11.8 Å². The van der Waals surface area contributed by atoms with Gasteiger partial charge in [-0.2, -0.15) is 13.2 Å². The second-order valence-corrected chi connectivity index (χ2v) is 11.5. The van der Waals surface area contributed by atoms with Gasteiger partial charge in [0.25, 0.3) is 0 Å². The molecule has 1 unspecified atom stereocenters. The molecule has 1 heterocycles. The molecule has 3 fully saturated rings. The Labute approximate surface area is 187 Å². The zero-order valence-corrected chi connectivity index (χ0v) is 19.3. The first-order valence-corrected chi connectivity index (χ1v) is 11.8. The lowest BCUT2D eigenvalue weighted by Crippen LogP contribution is -2.61. The molecule has 180 valence electrons. The molecule has 4 aliphatic rings. The molecule has 0 aromatic carbocycles. The average molecular weight is 457 g/mol. The molecule has 2 amide bonds. The van der Waals surface area contributed by atoms with Crippen molar-refractivity contribution in [3.05, 3.63) is 12.2 Å². The highest BCUT2D eigenvalue weighted by molar-refractivity contribution is 5.89. The number of amides is 2. The maximum Gasteiger partial charge on any atom is 0.416 e. The number of carbonyl (C=O) groups excluding carboxylic acids is 2. The summed E-state index contributed by atoms with van der Waals surface area (Å²) in [5, 5.41) is 15.4. The van der Waals surface area contributed by atoms with Crippen LogP contribution in [0.1, 0.15) is 66.2 Å². The van der Waals surface area contributed by atoms with Crippen molar-refractivity contribution in [2.24, 2.45) is 34.5 Å². The predicted molar refractivity (Wildman–Crippen MR) is 113 cm³/mol. The highest BCUT2D eigenvalue weighted by Gasteiger charge is 2.61. The number of aliphatic hydroxyl groups excluding tert-OH is 1. The Balaban J connectivity index is 1.53. The third-order valence-electron chi connectivity index (χ3n) is 9.44. The molecule has 0 aromatic heterocycles. The third-order valence-corrected chi connectivity index (χ3v) is 9.44. The third kappa shape index (κ3) is 3.57. The van der Waals surface area contributed by atoms with E-state index in [-0.39, 0.29) is 34.6 Å². The van der Waals surface area contributed by atoms with Crippen LogP contribution in [0.25, 0.3) is 0 Å². The molecule has 0 saturated heterocycles. The number of hydrogen-bond acceptors (Lipinski definition) is 3. The van der Waals surface area contributed by atoms with Crippen LogP contribution in [0.5, 0.6) is 0 Å². The first-order valence-electron chi connectivity index (χ1n) is 11.8. The Morgan fingerprint density at radius 2 is 1.84 bits per heavy atom. The van der Waals surface area contributed by atoms with Gasteiger partial charge >= 0.3 is 6.18 Å². The molecule has 8 atom stereocenters. The van der Waals surface area contributed by atoms with E-state index in [0.717, 1.165) is 32.1 Å². The van der Waals surface area contributed by atoms with Gasteiger partial charge in [-0.3, -0.25) is 9.59 Å². The highest BCUT2D eigenvalue weighted by atomic mass is 19.4. The van der Waals surface area contributed by atoms with Crippen LogP contribution in [0.4, 0.5) is 13.2 Å². The minimum absolute atomic E-state index is 0.0344. The molecule has 32 heavy (non-hydrogen) atoms. The monoisotopic (exact) mass is 456 g/mol. The van der Waals surface area contributed by atoms with Gasteiger partial charge in [-0.05, 0) is 81.6 Å². The van der Waals surface area contributed by atoms with Gasteiger partial charge in [0.2, 0.25) is 11.8 Å². The molecule has 0 bridgehead atoms. The van der Waals surface area contributed by atoms with Crippen LogP contribution in [0.15, 0.2) is 12.2 Å². The van der Waals surface area contributed by atoms with E-state index in [9.17, 15) is 27.9 Å². The van der Waals surface area contributed by atoms with Gasteiger partial charge in [0.05, 0.1) is 5.54 Å². The van der Waals surface area contributed by atoms with Crippen LogP contribution in [0.2, 0.25) is 0 Å². The molecule has 0 aromatic rings. The minimum atomic E-state index is -4.80.